The number of amides is 1. The van der Waals surface area contributed by atoms with Gasteiger partial charge in [0, 0.05) is 18.9 Å². The summed E-state index contributed by atoms with van der Waals surface area (Å²) in [5, 5.41) is 5.46. The van der Waals surface area contributed by atoms with Gasteiger partial charge in [-0.05, 0) is 45.3 Å². The van der Waals surface area contributed by atoms with Crippen molar-refractivity contribution in [3.05, 3.63) is 53.9 Å². The van der Waals surface area contributed by atoms with Crippen LogP contribution in [0.4, 0.5) is 24.5 Å². The Labute approximate surface area is 150 Å². The molecule has 2 rings (SSSR count). The van der Waals surface area contributed by atoms with Gasteiger partial charge < -0.3 is 15.5 Å². The van der Waals surface area contributed by atoms with E-state index in [-0.39, 0.29) is 11.3 Å². The average molecular weight is 366 g/mol. The summed E-state index contributed by atoms with van der Waals surface area (Å²) in [6, 6.07) is 6.42. The maximum atomic E-state index is 13.0. The highest BCUT2D eigenvalue weighted by Gasteiger charge is 2.33. The number of hydrogen-bond acceptors (Lipinski definition) is 4. The molecule has 0 aliphatic heterocycles. The topological polar surface area (TPSA) is 57.3 Å². The van der Waals surface area contributed by atoms with E-state index in [1.165, 1.54) is 24.4 Å². The molecule has 5 nitrogen and oxygen atoms in total. The van der Waals surface area contributed by atoms with Gasteiger partial charge in [-0.25, -0.2) is 0 Å². The number of nitrogens with zero attached hydrogens (tertiary/aromatic N) is 2. The van der Waals surface area contributed by atoms with Crippen LogP contribution in [0.1, 0.15) is 22.3 Å². The van der Waals surface area contributed by atoms with E-state index < -0.39 is 17.6 Å². The Hall–Kier alpha value is -2.61. The molecule has 0 saturated heterocycles. The molecule has 0 aliphatic rings. The van der Waals surface area contributed by atoms with Crippen LogP contribution in [0.15, 0.2) is 42.7 Å². The number of pyridine rings is 1. The Morgan fingerprint density at radius 1 is 1.19 bits per heavy atom. The fraction of sp³-hybridized carbons (Fsp3) is 0.333. The Balaban J connectivity index is 2.06. The Morgan fingerprint density at radius 2 is 1.92 bits per heavy atom. The fourth-order valence-electron chi connectivity index (χ4n) is 2.32. The van der Waals surface area contributed by atoms with Crippen molar-refractivity contribution >= 4 is 17.3 Å². The smallest absolute Gasteiger partial charge is 0.384 e. The van der Waals surface area contributed by atoms with Crippen molar-refractivity contribution in [3.8, 4) is 0 Å². The first-order valence-corrected chi connectivity index (χ1v) is 8.08. The van der Waals surface area contributed by atoms with Gasteiger partial charge in [0.1, 0.15) is 0 Å². The summed E-state index contributed by atoms with van der Waals surface area (Å²) in [5.74, 6) is -0.647. The monoisotopic (exact) mass is 366 g/mol. The third kappa shape index (κ3) is 5.73. The molecule has 26 heavy (non-hydrogen) atoms. The average Bonchev–Trinajstić information content (AvgIpc) is 2.58. The van der Waals surface area contributed by atoms with Gasteiger partial charge in [-0.15, -0.1) is 0 Å². The summed E-state index contributed by atoms with van der Waals surface area (Å²) in [7, 11) is 3.95. The molecule has 2 aromatic rings. The predicted octanol–water partition coefficient (Wildman–Crippen LogP) is 3.72. The van der Waals surface area contributed by atoms with E-state index in [0.29, 0.717) is 12.2 Å². The van der Waals surface area contributed by atoms with Gasteiger partial charge in [0.15, 0.2) is 0 Å². The van der Waals surface area contributed by atoms with Crippen LogP contribution in [-0.2, 0) is 6.18 Å². The predicted molar refractivity (Wildman–Crippen MR) is 95.3 cm³/mol. The second-order valence-corrected chi connectivity index (χ2v) is 6.04. The lowest BCUT2D eigenvalue weighted by Gasteiger charge is -2.14. The minimum absolute atomic E-state index is 0.180. The van der Waals surface area contributed by atoms with Crippen molar-refractivity contribution in [2.24, 2.45) is 0 Å². The van der Waals surface area contributed by atoms with E-state index >= 15 is 0 Å². The maximum absolute atomic E-state index is 13.0. The number of halogens is 3. The molecule has 0 aliphatic carbocycles. The van der Waals surface area contributed by atoms with Crippen LogP contribution in [-0.4, -0.2) is 43.0 Å². The number of para-hydroxylation sites is 1. The number of nitrogens with one attached hydrogen (secondary N) is 2. The first-order valence-electron chi connectivity index (χ1n) is 8.08. The van der Waals surface area contributed by atoms with Gasteiger partial charge in [0.2, 0.25) is 0 Å². The second-order valence-electron chi connectivity index (χ2n) is 6.04. The molecule has 1 amide bonds. The van der Waals surface area contributed by atoms with Crippen molar-refractivity contribution < 1.29 is 18.0 Å². The van der Waals surface area contributed by atoms with E-state index in [0.717, 1.165) is 19.0 Å². The Morgan fingerprint density at radius 3 is 2.62 bits per heavy atom. The van der Waals surface area contributed by atoms with Crippen molar-refractivity contribution in [3.63, 3.8) is 0 Å². The standard InChI is InChI=1S/C18H21F3N4O/c1-25(2)9-5-8-23-14-10-13(11-22-12-14)17(26)24-16-7-4-3-6-15(16)18(19,20)21/h3-4,6-7,10-12,23H,5,8-9H2,1-2H3,(H,24,26). The zero-order valence-electron chi connectivity index (χ0n) is 14.6. The van der Waals surface area contributed by atoms with E-state index in [2.05, 4.69) is 20.5 Å². The molecular weight excluding hydrogens is 345 g/mol. The second kappa shape index (κ2) is 8.66. The molecule has 0 bridgehead atoms. The molecule has 140 valence electrons. The molecule has 0 saturated carbocycles. The van der Waals surface area contributed by atoms with Gasteiger partial charge in [0.05, 0.1) is 22.5 Å². The number of benzene rings is 1. The summed E-state index contributed by atoms with van der Waals surface area (Å²) in [6.45, 7) is 1.61. The third-order valence-corrected chi connectivity index (χ3v) is 3.59. The molecule has 0 radical (unpaired) electrons. The first kappa shape index (κ1) is 19.7. The largest absolute Gasteiger partial charge is 0.418 e. The molecule has 1 heterocycles. The summed E-state index contributed by atoms with van der Waals surface area (Å²) in [4.78, 5) is 18.3. The van der Waals surface area contributed by atoms with E-state index in [4.69, 9.17) is 0 Å². The normalized spacial score (nSPS) is 11.5. The van der Waals surface area contributed by atoms with Gasteiger partial charge in [-0.3, -0.25) is 9.78 Å². The van der Waals surface area contributed by atoms with Gasteiger partial charge in [0.25, 0.3) is 5.91 Å². The van der Waals surface area contributed by atoms with Crippen LogP contribution in [0.3, 0.4) is 0 Å². The highest BCUT2D eigenvalue weighted by Crippen LogP contribution is 2.34. The fourth-order valence-corrected chi connectivity index (χ4v) is 2.32. The number of alkyl halides is 3. The summed E-state index contributed by atoms with van der Waals surface area (Å²) < 4.78 is 39.1. The molecule has 0 spiro atoms. The van der Waals surface area contributed by atoms with Crippen LogP contribution in [0, 0.1) is 0 Å². The van der Waals surface area contributed by atoms with Crippen molar-refractivity contribution in [1.82, 2.24) is 9.88 Å². The maximum Gasteiger partial charge on any atom is 0.418 e. The summed E-state index contributed by atoms with van der Waals surface area (Å²) in [6.07, 6.45) is -0.757. The zero-order valence-corrected chi connectivity index (χ0v) is 14.6. The number of anilines is 2. The number of carbonyl (C=O) groups excluding carboxylic acids is 1. The Bertz CT molecular complexity index is 747. The first-order chi connectivity index (χ1) is 12.3. The van der Waals surface area contributed by atoms with Crippen LogP contribution in [0.25, 0.3) is 0 Å². The molecule has 1 aromatic heterocycles. The SMILES string of the molecule is CN(C)CCCNc1cncc(C(=O)Nc2ccccc2C(F)(F)F)c1. The van der Waals surface area contributed by atoms with Crippen LogP contribution < -0.4 is 10.6 Å². The zero-order chi connectivity index (χ0) is 19.2. The highest BCUT2D eigenvalue weighted by molar-refractivity contribution is 6.05. The number of carbonyl (C=O) groups is 1. The Kier molecular flexibility index (Phi) is 6.57. The lowest BCUT2D eigenvalue weighted by molar-refractivity contribution is -0.136. The minimum Gasteiger partial charge on any atom is -0.384 e. The van der Waals surface area contributed by atoms with Crippen molar-refractivity contribution in [2.45, 2.75) is 12.6 Å². The summed E-state index contributed by atoms with van der Waals surface area (Å²) in [5.41, 5.74) is -0.353. The minimum atomic E-state index is -4.54. The van der Waals surface area contributed by atoms with E-state index in [1.54, 1.807) is 12.3 Å². The molecule has 8 heteroatoms. The van der Waals surface area contributed by atoms with Gasteiger partial charge in [-0.2, -0.15) is 13.2 Å². The van der Waals surface area contributed by atoms with Crippen LogP contribution >= 0.6 is 0 Å². The number of hydrogen-bond donors (Lipinski definition) is 2. The van der Waals surface area contributed by atoms with Gasteiger partial charge >= 0.3 is 6.18 Å². The summed E-state index contributed by atoms with van der Waals surface area (Å²) >= 11 is 0. The molecule has 0 unspecified atom stereocenters. The molecule has 1 aromatic carbocycles. The number of aromatic nitrogens is 1. The molecular formula is C18H21F3N4O. The van der Waals surface area contributed by atoms with Crippen molar-refractivity contribution in [2.75, 3.05) is 37.8 Å². The third-order valence-electron chi connectivity index (χ3n) is 3.59. The van der Waals surface area contributed by atoms with E-state index in [9.17, 15) is 18.0 Å². The lowest BCUT2D eigenvalue weighted by Crippen LogP contribution is -2.18. The number of rotatable bonds is 7. The van der Waals surface area contributed by atoms with E-state index in [1.807, 2.05) is 14.1 Å². The van der Waals surface area contributed by atoms with Crippen LogP contribution in [0.2, 0.25) is 0 Å². The highest BCUT2D eigenvalue weighted by atomic mass is 19.4. The molecule has 0 atom stereocenters. The van der Waals surface area contributed by atoms with Crippen molar-refractivity contribution in [1.29, 1.82) is 0 Å². The quantitative estimate of drug-likeness (QED) is 0.734. The lowest BCUT2D eigenvalue weighted by atomic mass is 10.1. The van der Waals surface area contributed by atoms with Crippen LogP contribution in [0.5, 0.6) is 0 Å². The molecule has 2 N–H and O–H groups in total. The van der Waals surface area contributed by atoms with Gasteiger partial charge in [-0.1, -0.05) is 12.1 Å². The molecule has 0 fully saturated rings.